The number of nitrogens with two attached hydrogens (primary N) is 1. The SMILES string of the molecule is CCC[C@H](N)C(=O)O.O=C(O)[C@H](Cc1ccccc1)NC(=O)N1CCOCC1. The number of carbonyl (C=O) groups is 3. The number of nitrogens with one attached hydrogen (secondary N) is 1. The molecule has 0 radical (unpaired) electrons. The molecule has 0 bridgehead atoms. The van der Waals surface area contributed by atoms with Gasteiger partial charge in [-0.15, -0.1) is 0 Å². The molecule has 0 aliphatic carbocycles. The molecular formula is C19H29N3O6. The highest BCUT2D eigenvalue weighted by Crippen LogP contribution is 2.05. The second-order valence-electron chi connectivity index (χ2n) is 6.36. The number of benzene rings is 1. The summed E-state index contributed by atoms with van der Waals surface area (Å²) in [7, 11) is 0. The van der Waals surface area contributed by atoms with E-state index in [0.29, 0.717) is 32.7 Å². The maximum Gasteiger partial charge on any atom is 0.326 e. The third-order valence-corrected chi connectivity index (χ3v) is 4.09. The fourth-order valence-corrected chi connectivity index (χ4v) is 2.49. The van der Waals surface area contributed by atoms with Gasteiger partial charge in [0.1, 0.15) is 12.1 Å². The number of urea groups is 1. The molecule has 5 N–H and O–H groups in total. The van der Waals surface area contributed by atoms with Gasteiger partial charge in [0.05, 0.1) is 13.2 Å². The standard InChI is InChI=1S/C14H18N2O4.C5H11NO2/c17-13(18)12(10-11-4-2-1-3-5-11)15-14(19)16-6-8-20-9-7-16;1-2-3-4(6)5(7)8/h1-5,12H,6-10H2,(H,15,19)(H,17,18);4H,2-3,6H2,1H3,(H,7,8)/t12-;4-/m00/s1. The van der Waals surface area contributed by atoms with Gasteiger partial charge in [-0.25, -0.2) is 9.59 Å². The second-order valence-corrected chi connectivity index (χ2v) is 6.36. The minimum Gasteiger partial charge on any atom is -0.480 e. The topological polar surface area (TPSA) is 142 Å². The van der Waals surface area contributed by atoms with E-state index in [0.717, 1.165) is 12.0 Å². The van der Waals surface area contributed by atoms with Crippen molar-refractivity contribution in [2.75, 3.05) is 26.3 Å². The highest BCUT2D eigenvalue weighted by atomic mass is 16.5. The number of carboxylic acid groups (broad SMARTS) is 2. The molecule has 1 fully saturated rings. The van der Waals surface area contributed by atoms with Crippen LogP contribution >= 0.6 is 0 Å². The molecule has 156 valence electrons. The van der Waals surface area contributed by atoms with Gasteiger partial charge in [0.2, 0.25) is 0 Å². The normalized spacial score (nSPS) is 15.6. The number of rotatable bonds is 7. The maximum atomic E-state index is 12.0. The summed E-state index contributed by atoms with van der Waals surface area (Å²) in [4.78, 5) is 34.8. The molecule has 2 atom stereocenters. The number of carbonyl (C=O) groups excluding carboxylic acids is 1. The van der Waals surface area contributed by atoms with E-state index in [4.69, 9.17) is 15.6 Å². The molecule has 9 heteroatoms. The number of morpholine rings is 1. The summed E-state index contributed by atoms with van der Waals surface area (Å²) in [6.45, 7) is 3.86. The number of hydrogen-bond acceptors (Lipinski definition) is 5. The molecule has 9 nitrogen and oxygen atoms in total. The largest absolute Gasteiger partial charge is 0.480 e. The Kier molecular flexibility index (Phi) is 10.6. The zero-order valence-electron chi connectivity index (χ0n) is 16.0. The zero-order valence-corrected chi connectivity index (χ0v) is 16.0. The van der Waals surface area contributed by atoms with Gasteiger partial charge in [0.25, 0.3) is 0 Å². The molecule has 1 heterocycles. The molecule has 1 aliphatic heterocycles. The maximum absolute atomic E-state index is 12.0. The lowest BCUT2D eigenvalue weighted by atomic mass is 10.1. The van der Waals surface area contributed by atoms with E-state index in [1.54, 1.807) is 4.90 Å². The fourth-order valence-electron chi connectivity index (χ4n) is 2.49. The van der Waals surface area contributed by atoms with Crippen molar-refractivity contribution in [2.45, 2.75) is 38.3 Å². The monoisotopic (exact) mass is 395 g/mol. The van der Waals surface area contributed by atoms with E-state index in [2.05, 4.69) is 5.32 Å². The van der Waals surface area contributed by atoms with Gasteiger partial charge in [0, 0.05) is 19.5 Å². The molecule has 1 aliphatic rings. The van der Waals surface area contributed by atoms with E-state index < -0.39 is 24.0 Å². The average molecular weight is 395 g/mol. The van der Waals surface area contributed by atoms with Crippen molar-refractivity contribution in [1.82, 2.24) is 10.2 Å². The summed E-state index contributed by atoms with van der Waals surface area (Å²) in [6, 6.07) is 7.30. The second kappa shape index (κ2) is 12.7. The number of hydrogen-bond donors (Lipinski definition) is 4. The van der Waals surface area contributed by atoms with E-state index in [1.165, 1.54) is 0 Å². The molecule has 0 spiro atoms. The fraction of sp³-hybridized carbons (Fsp3) is 0.526. The van der Waals surface area contributed by atoms with E-state index in [9.17, 15) is 19.5 Å². The van der Waals surface area contributed by atoms with Crippen LogP contribution in [0, 0.1) is 0 Å². The number of ether oxygens (including phenoxy) is 1. The molecule has 1 aromatic rings. The minimum absolute atomic E-state index is 0.270. The van der Waals surface area contributed by atoms with Crippen molar-refractivity contribution in [3.8, 4) is 0 Å². The summed E-state index contributed by atoms with van der Waals surface area (Å²) in [5, 5.41) is 20.0. The summed E-state index contributed by atoms with van der Waals surface area (Å²) < 4.78 is 5.16. The lowest BCUT2D eigenvalue weighted by Crippen LogP contribution is -2.51. The molecule has 2 rings (SSSR count). The first-order valence-electron chi connectivity index (χ1n) is 9.23. The Bertz CT molecular complexity index is 619. The third-order valence-electron chi connectivity index (χ3n) is 4.09. The van der Waals surface area contributed by atoms with Crippen LogP contribution in [0.3, 0.4) is 0 Å². The van der Waals surface area contributed by atoms with Gasteiger partial charge < -0.3 is 30.9 Å². The molecule has 1 saturated heterocycles. The number of carboxylic acids is 2. The van der Waals surface area contributed by atoms with E-state index in [1.807, 2.05) is 37.3 Å². The first-order valence-corrected chi connectivity index (χ1v) is 9.23. The molecule has 1 aromatic carbocycles. The van der Waals surface area contributed by atoms with E-state index >= 15 is 0 Å². The summed E-state index contributed by atoms with van der Waals surface area (Å²) in [5.41, 5.74) is 6.00. The Morgan fingerprint density at radius 1 is 1.14 bits per heavy atom. The van der Waals surface area contributed by atoms with Crippen LogP contribution < -0.4 is 11.1 Å². The Morgan fingerprint density at radius 3 is 2.21 bits per heavy atom. The van der Waals surface area contributed by atoms with Crippen molar-refractivity contribution >= 4 is 18.0 Å². The van der Waals surface area contributed by atoms with Crippen LogP contribution in [0.25, 0.3) is 0 Å². The third kappa shape index (κ3) is 8.83. The lowest BCUT2D eigenvalue weighted by molar-refractivity contribution is -0.139. The van der Waals surface area contributed by atoms with Crippen LogP contribution in [0.2, 0.25) is 0 Å². The summed E-state index contributed by atoms with van der Waals surface area (Å²) >= 11 is 0. The molecule has 2 amide bonds. The predicted octanol–water partition coefficient (Wildman–Crippen LogP) is 0.923. The first-order chi connectivity index (χ1) is 13.3. The Hall–Kier alpha value is -2.65. The lowest BCUT2D eigenvalue weighted by Gasteiger charge is -2.28. The van der Waals surface area contributed by atoms with E-state index in [-0.39, 0.29) is 12.5 Å². The van der Waals surface area contributed by atoms with Crippen molar-refractivity contribution in [3.05, 3.63) is 35.9 Å². The highest BCUT2D eigenvalue weighted by Gasteiger charge is 2.24. The van der Waals surface area contributed by atoms with Gasteiger partial charge >= 0.3 is 18.0 Å². The van der Waals surface area contributed by atoms with Crippen LogP contribution in [0.4, 0.5) is 4.79 Å². The highest BCUT2D eigenvalue weighted by molar-refractivity contribution is 5.82. The van der Waals surface area contributed by atoms with Crippen molar-refractivity contribution < 1.29 is 29.3 Å². The van der Waals surface area contributed by atoms with Crippen molar-refractivity contribution in [2.24, 2.45) is 5.73 Å². The van der Waals surface area contributed by atoms with Gasteiger partial charge in [-0.2, -0.15) is 0 Å². The quantitative estimate of drug-likeness (QED) is 0.538. The minimum atomic E-state index is -1.03. The molecular weight excluding hydrogens is 366 g/mol. The van der Waals surface area contributed by atoms with Gasteiger partial charge in [-0.05, 0) is 12.0 Å². The first kappa shape index (κ1) is 23.4. The predicted molar refractivity (Wildman–Crippen MR) is 103 cm³/mol. The molecule has 0 unspecified atom stereocenters. The number of nitrogens with zero attached hydrogens (tertiary/aromatic N) is 1. The summed E-state index contributed by atoms with van der Waals surface area (Å²) in [6.07, 6.45) is 1.66. The Morgan fingerprint density at radius 2 is 1.75 bits per heavy atom. The van der Waals surface area contributed by atoms with Gasteiger partial charge in [-0.1, -0.05) is 43.7 Å². The van der Waals surface area contributed by atoms with Crippen LogP contribution in [-0.4, -0.2) is 71.5 Å². The number of amides is 2. The Labute approximate surface area is 164 Å². The van der Waals surface area contributed by atoms with Crippen molar-refractivity contribution in [3.63, 3.8) is 0 Å². The Balaban J connectivity index is 0.000000416. The molecule has 0 aromatic heterocycles. The molecule has 28 heavy (non-hydrogen) atoms. The van der Waals surface area contributed by atoms with Crippen LogP contribution in [0.15, 0.2) is 30.3 Å². The smallest absolute Gasteiger partial charge is 0.326 e. The van der Waals surface area contributed by atoms with Gasteiger partial charge in [0.15, 0.2) is 0 Å². The van der Waals surface area contributed by atoms with Crippen molar-refractivity contribution in [1.29, 1.82) is 0 Å². The van der Waals surface area contributed by atoms with Gasteiger partial charge in [-0.3, -0.25) is 4.79 Å². The zero-order chi connectivity index (χ0) is 20.9. The van der Waals surface area contributed by atoms with Crippen LogP contribution in [0.5, 0.6) is 0 Å². The van der Waals surface area contributed by atoms with Crippen LogP contribution in [-0.2, 0) is 20.7 Å². The summed E-state index contributed by atoms with van der Waals surface area (Å²) in [5.74, 6) is -1.94. The molecule has 0 saturated carbocycles. The average Bonchev–Trinajstić information content (AvgIpc) is 2.69. The number of aliphatic carboxylic acids is 2. The van der Waals surface area contributed by atoms with Crippen LogP contribution in [0.1, 0.15) is 25.3 Å².